The van der Waals surface area contributed by atoms with Crippen molar-refractivity contribution in [3.05, 3.63) is 65.2 Å². The molecule has 0 aliphatic carbocycles. The summed E-state index contributed by atoms with van der Waals surface area (Å²) >= 11 is 0. The van der Waals surface area contributed by atoms with Gasteiger partial charge in [0.25, 0.3) is 6.43 Å². The molecule has 4 heteroatoms. The van der Waals surface area contributed by atoms with Gasteiger partial charge in [-0.15, -0.1) is 0 Å². The van der Waals surface area contributed by atoms with Crippen LogP contribution in [0.5, 0.6) is 0 Å². The Morgan fingerprint density at radius 2 is 1.70 bits per heavy atom. The fourth-order valence-corrected chi connectivity index (χ4v) is 2.00. The number of aliphatic hydroxyl groups is 1. The van der Waals surface area contributed by atoms with Crippen LogP contribution in [0.1, 0.15) is 36.1 Å². The molecule has 2 aromatic rings. The van der Waals surface area contributed by atoms with Gasteiger partial charge < -0.3 is 10.4 Å². The second-order valence-corrected chi connectivity index (χ2v) is 4.66. The molecule has 0 heterocycles. The fraction of sp³-hybridized carbons (Fsp3) is 0.250. The number of hydrogen-bond donors (Lipinski definition) is 2. The molecule has 2 aromatic carbocycles. The lowest BCUT2D eigenvalue weighted by molar-refractivity contribution is 0.151. The lowest BCUT2D eigenvalue weighted by Gasteiger charge is -2.14. The molecule has 0 aliphatic rings. The molecule has 0 saturated heterocycles. The van der Waals surface area contributed by atoms with E-state index in [0.29, 0.717) is 6.54 Å². The second kappa shape index (κ2) is 6.48. The lowest BCUT2D eigenvalue weighted by atomic mass is 10.1. The average Bonchev–Trinajstić information content (AvgIpc) is 2.45. The third-order valence-electron chi connectivity index (χ3n) is 3.13. The second-order valence-electron chi connectivity index (χ2n) is 4.66. The maximum absolute atomic E-state index is 12.4. The molecule has 20 heavy (non-hydrogen) atoms. The van der Waals surface area contributed by atoms with Crippen molar-refractivity contribution < 1.29 is 13.9 Å². The van der Waals surface area contributed by atoms with E-state index in [-0.39, 0.29) is 5.56 Å². The van der Waals surface area contributed by atoms with E-state index in [2.05, 4.69) is 5.32 Å². The minimum Gasteiger partial charge on any atom is -0.389 e. The van der Waals surface area contributed by atoms with Crippen molar-refractivity contribution in [3.63, 3.8) is 0 Å². The molecule has 0 spiro atoms. The molecule has 2 N–H and O–H groups in total. The molecule has 0 saturated carbocycles. The minimum absolute atomic E-state index is 0.0260. The van der Waals surface area contributed by atoms with Gasteiger partial charge in [0, 0.05) is 23.4 Å². The topological polar surface area (TPSA) is 32.3 Å². The minimum atomic E-state index is -2.44. The van der Waals surface area contributed by atoms with E-state index in [0.717, 1.165) is 16.8 Å². The van der Waals surface area contributed by atoms with Crippen molar-refractivity contribution in [2.75, 3.05) is 5.32 Å². The molecule has 0 aliphatic heterocycles. The normalized spacial score (nSPS) is 12.4. The van der Waals surface area contributed by atoms with Crippen molar-refractivity contribution >= 4 is 5.69 Å². The zero-order chi connectivity index (χ0) is 14.5. The number of rotatable bonds is 5. The van der Waals surface area contributed by atoms with E-state index < -0.39 is 12.5 Å². The van der Waals surface area contributed by atoms with Gasteiger partial charge in [-0.2, -0.15) is 0 Å². The third-order valence-corrected chi connectivity index (χ3v) is 3.13. The molecule has 0 amide bonds. The Morgan fingerprint density at radius 1 is 1.05 bits per heavy atom. The van der Waals surface area contributed by atoms with E-state index in [1.54, 1.807) is 19.1 Å². The molecule has 0 aromatic heterocycles. The van der Waals surface area contributed by atoms with Gasteiger partial charge in [0.1, 0.15) is 0 Å². The van der Waals surface area contributed by atoms with Gasteiger partial charge in [-0.3, -0.25) is 0 Å². The predicted molar refractivity (Wildman–Crippen MR) is 75.8 cm³/mol. The van der Waals surface area contributed by atoms with Gasteiger partial charge in [0.15, 0.2) is 0 Å². The quantitative estimate of drug-likeness (QED) is 0.854. The zero-order valence-corrected chi connectivity index (χ0v) is 11.2. The molecule has 0 radical (unpaired) electrons. The predicted octanol–water partition coefficient (Wildman–Crippen LogP) is 4.29. The summed E-state index contributed by atoms with van der Waals surface area (Å²) in [5.41, 5.74) is 2.60. The monoisotopic (exact) mass is 277 g/mol. The van der Waals surface area contributed by atoms with Crippen LogP contribution in [0, 0.1) is 0 Å². The van der Waals surface area contributed by atoms with Crippen molar-refractivity contribution in [1.29, 1.82) is 0 Å². The highest BCUT2D eigenvalue weighted by Crippen LogP contribution is 2.23. The summed E-state index contributed by atoms with van der Waals surface area (Å²) in [4.78, 5) is 0. The van der Waals surface area contributed by atoms with Crippen LogP contribution in [0.3, 0.4) is 0 Å². The van der Waals surface area contributed by atoms with Crippen molar-refractivity contribution in [2.24, 2.45) is 0 Å². The number of alkyl halides is 2. The summed E-state index contributed by atoms with van der Waals surface area (Å²) in [5.74, 6) is 0. The van der Waals surface area contributed by atoms with E-state index in [1.165, 1.54) is 12.1 Å². The smallest absolute Gasteiger partial charge is 0.263 e. The number of para-hydroxylation sites is 1. The Bertz CT molecular complexity index is 553. The summed E-state index contributed by atoms with van der Waals surface area (Å²) in [6.45, 7) is 2.23. The molecule has 1 atom stereocenters. The van der Waals surface area contributed by atoms with Crippen molar-refractivity contribution in [1.82, 2.24) is 0 Å². The first-order chi connectivity index (χ1) is 9.58. The van der Waals surface area contributed by atoms with E-state index in [4.69, 9.17) is 0 Å². The highest BCUT2D eigenvalue weighted by atomic mass is 19.3. The summed E-state index contributed by atoms with van der Waals surface area (Å²) in [6.07, 6.45) is -2.99. The number of hydrogen-bond acceptors (Lipinski definition) is 2. The number of nitrogens with one attached hydrogen (secondary N) is 1. The molecule has 2 nitrogen and oxygen atoms in total. The summed E-state index contributed by atoms with van der Waals surface area (Å²) in [5, 5.41) is 12.9. The van der Waals surface area contributed by atoms with Gasteiger partial charge in [-0.1, -0.05) is 42.5 Å². The Morgan fingerprint density at radius 3 is 2.30 bits per heavy atom. The van der Waals surface area contributed by atoms with Gasteiger partial charge >= 0.3 is 0 Å². The number of halogens is 2. The first-order valence-corrected chi connectivity index (χ1v) is 6.46. The summed E-state index contributed by atoms with van der Waals surface area (Å²) in [6, 6.07) is 13.7. The summed E-state index contributed by atoms with van der Waals surface area (Å²) in [7, 11) is 0. The molecule has 106 valence electrons. The van der Waals surface area contributed by atoms with Crippen LogP contribution in [0.15, 0.2) is 48.5 Å². The molecular weight excluding hydrogens is 260 g/mol. The fourth-order valence-electron chi connectivity index (χ4n) is 2.00. The molecule has 2 rings (SSSR count). The Balaban J connectivity index is 2.05. The third kappa shape index (κ3) is 3.54. The van der Waals surface area contributed by atoms with E-state index in [1.807, 2.05) is 24.3 Å². The largest absolute Gasteiger partial charge is 0.389 e. The molecule has 0 fully saturated rings. The van der Waals surface area contributed by atoms with Crippen LogP contribution in [0.25, 0.3) is 0 Å². The molecular formula is C16H17F2NO. The average molecular weight is 277 g/mol. The van der Waals surface area contributed by atoms with E-state index in [9.17, 15) is 13.9 Å². The molecule has 0 bridgehead atoms. The number of anilines is 1. The van der Waals surface area contributed by atoms with Crippen molar-refractivity contribution in [2.45, 2.75) is 26.0 Å². The molecule has 1 unspecified atom stereocenters. The van der Waals surface area contributed by atoms with Crippen LogP contribution in [-0.4, -0.2) is 5.11 Å². The SMILES string of the molecule is CC(O)c1ccccc1NCc1ccc(C(F)F)cc1. The lowest BCUT2D eigenvalue weighted by Crippen LogP contribution is -2.04. The highest BCUT2D eigenvalue weighted by molar-refractivity contribution is 5.52. The standard InChI is InChI=1S/C16H17F2NO/c1-11(20)14-4-2-3-5-15(14)19-10-12-6-8-13(9-7-12)16(17)18/h2-9,11,16,19-20H,10H2,1H3. The first-order valence-electron chi connectivity index (χ1n) is 6.46. The van der Waals surface area contributed by atoms with Gasteiger partial charge in [0.2, 0.25) is 0 Å². The zero-order valence-electron chi connectivity index (χ0n) is 11.2. The van der Waals surface area contributed by atoms with Crippen LogP contribution < -0.4 is 5.32 Å². The Labute approximate surface area is 117 Å². The van der Waals surface area contributed by atoms with Crippen LogP contribution >= 0.6 is 0 Å². The Kier molecular flexibility index (Phi) is 4.69. The van der Waals surface area contributed by atoms with E-state index >= 15 is 0 Å². The summed E-state index contributed by atoms with van der Waals surface area (Å²) < 4.78 is 24.9. The highest BCUT2D eigenvalue weighted by Gasteiger charge is 2.08. The maximum atomic E-state index is 12.4. The van der Waals surface area contributed by atoms with Crippen LogP contribution in [0.4, 0.5) is 14.5 Å². The van der Waals surface area contributed by atoms with Gasteiger partial charge in [-0.05, 0) is 18.6 Å². The van der Waals surface area contributed by atoms with Gasteiger partial charge in [-0.25, -0.2) is 8.78 Å². The Hall–Kier alpha value is -1.94. The van der Waals surface area contributed by atoms with Gasteiger partial charge in [0.05, 0.1) is 6.10 Å². The van der Waals surface area contributed by atoms with Crippen molar-refractivity contribution in [3.8, 4) is 0 Å². The first kappa shape index (κ1) is 14.5. The maximum Gasteiger partial charge on any atom is 0.263 e. The number of benzene rings is 2. The van der Waals surface area contributed by atoms with Crippen LogP contribution in [-0.2, 0) is 6.54 Å². The van der Waals surface area contributed by atoms with Crippen LogP contribution in [0.2, 0.25) is 0 Å². The number of aliphatic hydroxyl groups excluding tert-OH is 1.